The maximum Gasteiger partial charge on any atom is 0.407 e. The van der Waals surface area contributed by atoms with Crippen molar-refractivity contribution in [3.05, 3.63) is 35.2 Å². The van der Waals surface area contributed by atoms with Gasteiger partial charge < -0.3 is 20.3 Å². The van der Waals surface area contributed by atoms with Crippen molar-refractivity contribution in [3.8, 4) is 0 Å². The Bertz CT molecular complexity index is 1060. The number of nitrogens with zero attached hydrogens (tertiary/aromatic N) is 3. The van der Waals surface area contributed by atoms with Gasteiger partial charge in [0.2, 0.25) is 5.91 Å². The summed E-state index contributed by atoms with van der Waals surface area (Å²) in [5, 5.41) is 5.51. The average molecular weight is 470 g/mol. The van der Waals surface area contributed by atoms with Gasteiger partial charge in [0.1, 0.15) is 5.60 Å². The van der Waals surface area contributed by atoms with E-state index in [0.717, 1.165) is 35.3 Å². The van der Waals surface area contributed by atoms with Crippen molar-refractivity contribution in [1.29, 1.82) is 0 Å². The molecule has 34 heavy (non-hydrogen) atoms. The summed E-state index contributed by atoms with van der Waals surface area (Å²) in [4.78, 5) is 47.6. The Balaban J connectivity index is 1.40. The number of fused-ring (bicyclic) bond motifs is 1. The Morgan fingerprint density at radius 3 is 2.32 bits per heavy atom. The molecule has 0 atom stereocenters. The Hall–Kier alpha value is -3.23. The van der Waals surface area contributed by atoms with Crippen LogP contribution in [0.2, 0.25) is 0 Å². The van der Waals surface area contributed by atoms with Crippen LogP contribution in [0.15, 0.2) is 18.2 Å². The first-order valence-corrected chi connectivity index (χ1v) is 11.8. The number of carbonyl (C=O) groups is 3. The van der Waals surface area contributed by atoms with E-state index in [-0.39, 0.29) is 24.8 Å². The third kappa shape index (κ3) is 7.13. The predicted octanol–water partition coefficient (Wildman–Crippen LogP) is 3.13. The van der Waals surface area contributed by atoms with Crippen LogP contribution in [-0.2, 0) is 9.53 Å². The molecule has 0 radical (unpaired) electrons. The Labute approximate surface area is 200 Å². The Morgan fingerprint density at radius 2 is 1.68 bits per heavy atom. The number of likely N-dealkylation sites (tertiary alicyclic amines) is 1. The molecule has 1 aromatic carbocycles. The molecule has 184 valence electrons. The predicted molar refractivity (Wildman–Crippen MR) is 130 cm³/mol. The van der Waals surface area contributed by atoms with Gasteiger partial charge in [-0.15, -0.1) is 0 Å². The molecule has 1 fully saturated rings. The number of amides is 3. The van der Waals surface area contributed by atoms with Crippen LogP contribution in [-0.4, -0.2) is 64.6 Å². The summed E-state index contributed by atoms with van der Waals surface area (Å²) in [5.41, 5.74) is 3.32. The van der Waals surface area contributed by atoms with E-state index in [1.165, 1.54) is 0 Å². The second-order valence-electron chi connectivity index (χ2n) is 9.82. The zero-order chi connectivity index (χ0) is 24.9. The van der Waals surface area contributed by atoms with E-state index >= 15 is 0 Å². The summed E-state index contributed by atoms with van der Waals surface area (Å²) >= 11 is 0. The van der Waals surface area contributed by atoms with Crippen LogP contribution in [0, 0.1) is 19.8 Å². The van der Waals surface area contributed by atoms with Gasteiger partial charge in [-0.25, -0.2) is 14.8 Å². The van der Waals surface area contributed by atoms with E-state index in [2.05, 4.69) is 20.6 Å². The van der Waals surface area contributed by atoms with Gasteiger partial charge in [0, 0.05) is 38.2 Å². The van der Waals surface area contributed by atoms with Crippen LogP contribution in [0.4, 0.5) is 4.79 Å². The highest BCUT2D eigenvalue weighted by Gasteiger charge is 2.24. The fourth-order valence-corrected chi connectivity index (χ4v) is 3.83. The van der Waals surface area contributed by atoms with E-state index in [0.29, 0.717) is 31.1 Å². The standard InChI is InChI=1S/C25H35N5O4/c1-16-17(2)29-21-14-19(6-7-20(21)28-16)23(32)30-12-9-18(10-13-30)15-27-22(31)8-11-26-24(33)34-25(3,4)5/h6-7,14,18H,8-13,15H2,1-5H3,(H,26,33)(H,27,31). The van der Waals surface area contributed by atoms with Crippen molar-refractivity contribution in [2.24, 2.45) is 5.92 Å². The Kier molecular flexibility index (Phi) is 8.06. The molecule has 2 heterocycles. The van der Waals surface area contributed by atoms with E-state index in [1.807, 2.05) is 36.9 Å². The lowest BCUT2D eigenvalue weighted by Crippen LogP contribution is -2.42. The first-order valence-electron chi connectivity index (χ1n) is 11.8. The second-order valence-corrected chi connectivity index (χ2v) is 9.82. The number of carbonyl (C=O) groups excluding carboxylic acids is 3. The minimum absolute atomic E-state index is 0.00219. The van der Waals surface area contributed by atoms with Gasteiger partial charge in [0.05, 0.1) is 22.4 Å². The maximum atomic E-state index is 13.0. The number of aromatic nitrogens is 2. The molecule has 3 rings (SSSR count). The SMILES string of the molecule is Cc1nc2ccc(C(=O)N3CCC(CNC(=O)CCNC(=O)OC(C)(C)C)CC3)cc2nc1C. The molecule has 2 N–H and O–H groups in total. The highest BCUT2D eigenvalue weighted by molar-refractivity contribution is 5.97. The fraction of sp³-hybridized carbons (Fsp3) is 0.560. The molecule has 1 aliphatic heterocycles. The summed E-state index contributed by atoms with van der Waals surface area (Å²) in [6.07, 6.45) is 1.32. The average Bonchev–Trinajstić information content (AvgIpc) is 2.77. The van der Waals surface area contributed by atoms with Crippen molar-refractivity contribution in [3.63, 3.8) is 0 Å². The minimum atomic E-state index is -0.566. The molecule has 0 spiro atoms. The largest absolute Gasteiger partial charge is 0.444 e. The quantitative estimate of drug-likeness (QED) is 0.672. The molecule has 0 bridgehead atoms. The van der Waals surface area contributed by atoms with Crippen molar-refractivity contribution in [1.82, 2.24) is 25.5 Å². The van der Waals surface area contributed by atoms with Gasteiger partial charge in [0.25, 0.3) is 5.91 Å². The van der Waals surface area contributed by atoms with E-state index in [1.54, 1.807) is 20.8 Å². The zero-order valence-electron chi connectivity index (χ0n) is 20.7. The molecule has 1 saturated heterocycles. The van der Waals surface area contributed by atoms with E-state index in [9.17, 15) is 14.4 Å². The first-order chi connectivity index (χ1) is 16.0. The number of nitrogens with one attached hydrogen (secondary N) is 2. The molecular formula is C25H35N5O4. The molecule has 1 aromatic heterocycles. The lowest BCUT2D eigenvalue weighted by atomic mass is 9.96. The Morgan fingerprint density at radius 1 is 1.03 bits per heavy atom. The van der Waals surface area contributed by atoms with Gasteiger partial charge in [0.15, 0.2) is 0 Å². The van der Waals surface area contributed by atoms with Gasteiger partial charge in [-0.2, -0.15) is 0 Å². The summed E-state index contributed by atoms with van der Waals surface area (Å²) in [7, 11) is 0. The first kappa shape index (κ1) is 25.4. The molecule has 9 heteroatoms. The van der Waals surface area contributed by atoms with Crippen molar-refractivity contribution in [2.75, 3.05) is 26.2 Å². The number of benzene rings is 1. The van der Waals surface area contributed by atoms with Crippen LogP contribution in [0.25, 0.3) is 11.0 Å². The number of hydrogen-bond donors (Lipinski definition) is 2. The molecule has 0 saturated carbocycles. The number of ether oxygens (including phenoxy) is 1. The molecular weight excluding hydrogens is 434 g/mol. The van der Waals surface area contributed by atoms with Gasteiger partial charge >= 0.3 is 6.09 Å². The van der Waals surface area contributed by atoms with Gasteiger partial charge in [-0.1, -0.05) is 0 Å². The number of aryl methyl sites for hydroxylation is 2. The summed E-state index contributed by atoms with van der Waals surface area (Å²) < 4.78 is 5.15. The monoisotopic (exact) mass is 469 g/mol. The number of piperidine rings is 1. The normalized spacial score (nSPS) is 14.7. The number of alkyl carbamates (subject to hydrolysis) is 1. The van der Waals surface area contributed by atoms with E-state index in [4.69, 9.17) is 4.74 Å². The fourth-order valence-electron chi connectivity index (χ4n) is 3.83. The van der Waals surface area contributed by atoms with Crippen molar-refractivity contribution in [2.45, 2.75) is 59.5 Å². The highest BCUT2D eigenvalue weighted by atomic mass is 16.6. The molecule has 1 aliphatic rings. The second kappa shape index (κ2) is 10.8. The number of rotatable bonds is 6. The summed E-state index contributed by atoms with van der Waals surface area (Å²) in [6.45, 7) is 11.3. The van der Waals surface area contributed by atoms with Crippen LogP contribution in [0.1, 0.15) is 61.8 Å². The molecule has 3 amide bonds. The number of hydrogen-bond acceptors (Lipinski definition) is 6. The van der Waals surface area contributed by atoms with E-state index < -0.39 is 11.7 Å². The van der Waals surface area contributed by atoms with Crippen LogP contribution >= 0.6 is 0 Å². The molecule has 2 aromatic rings. The summed E-state index contributed by atoms with van der Waals surface area (Å²) in [5.74, 6) is 0.204. The third-order valence-electron chi connectivity index (χ3n) is 5.83. The van der Waals surface area contributed by atoms with Crippen LogP contribution in [0.3, 0.4) is 0 Å². The zero-order valence-corrected chi connectivity index (χ0v) is 20.7. The third-order valence-corrected chi connectivity index (χ3v) is 5.83. The van der Waals surface area contributed by atoms with Crippen molar-refractivity contribution >= 4 is 28.9 Å². The smallest absolute Gasteiger partial charge is 0.407 e. The van der Waals surface area contributed by atoms with Crippen LogP contribution < -0.4 is 10.6 Å². The lowest BCUT2D eigenvalue weighted by Gasteiger charge is -2.32. The lowest BCUT2D eigenvalue weighted by molar-refractivity contribution is -0.121. The van der Waals surface area contributed by atoms with Gasteiger partial charge in [-0.3, -0.25) is 9.59 Å². The van der Waals surface area contributed by atoms with Gasteiger partial charge in [-0.05, 0) is 71.6 Å². The highest BCUT2D eigenvalue weighted by Crippen LogP contribution is 2.20. The molecule has 0 aliphatic carbocycles. The molecule has 0 unspecified atom stereocenters. The maximum absolute atomic E-state index is 13.0. The minimum Gasteiger partial charge on any atom is -0.444 e. The molecule has 9 nitrogen and oxygen atoms in total. The van der Waals surface area contributed by atoms with Crippen LogP contribution in [0.5, 0.6) is 0 Å². The van der Waals surface area contributed by atoms with Crippen molar-refractivity contribution < 1.29 is 19.1 Å². The summed E-state index contributed by atoms with van der Waals surface area (Å²) in [6, 6.07) is 5.47. The topological polar surface area (TPSA) is 114 Å².